The second-order valence-electron chi connectivity index (χ2n) is 6.12. The number of nitrogens with one attached hydrogen (secondary N) is 1. The van der Waals surface area contributed by atoms with Crippen LogP contribution in [0, 0.1) is 0 Å². The average Bonchev–Trinajstić information content (AvgIpc) is 2.65. The first-order valence-electron chi connectivity index (χ1n) is 8.24. The van der Waals surface area contributed by atoms with Crippen LogP contribution in [0.15, 0.2) is 42.5 Å². The van der Waals surface area contributed by atoms with Crippen LogP contribution in [0.25, 0.3) is 0 Å². The molecular weight excluding hydrogens is 318 g/mol. The van der Waals surface area contributed by atoms with E-state index in [2.05, 4.69) is 19.2 Å². The summed E-state index contributed by atoms with van der Waals surface area (Å²) >= 11 is 0. The molecule has 0 aliphatic carbocycles. The van der Waals surface area contributed by atoms with E-state index in [9.17, 15) is 9.90 Å². The molecule has 0 saturated heterocycles. The molecule has 0 saturated carbocycles. The van der Waals surface area contributed by atoms with Crippen molar-refractivity contribution in [3.63, 3.8) is 0 Å². The molecular formula is C20H25NO4. The number of ether oxygens (including phenoxy) is 2. The van der Waals surface area contributed by atoms with Crippen LogP contribution in [0.5, 0.6) is 11.5 Å². The number of aliphatic hydroxyl groups excluding tert-OH is 1. The monoisotopic (exact) mass is 343 g/mol. The smallest absolute Gasteiger partial charge is 0.251 e. The lowest BCUT2D eigenvalue weighted by atomic mass is 10.00. The highest BCUT2D eigenvalue weighted by Crippen LogP contribution is 2.27. The Balaban J connectivity index is 1.99. The van der Waals surface area contributed by atoms with Gasteiger partial charge in [0.1, 0.15) is 0 Å². The third kappa shape index (κ3) is 4.73. The lowest BCUT2D eigenvalue weighted by Crippen LogP contribution is -2.28. The summed E-state index contributed by atoms with van der Waals surface area (Å²) in [6.45, 7) is 4.37. The largest absolute Gasteiger partial charge is 0.493 e. The molecule has 0 fully saturated rings. The summed E-state index contributed by atoms with van der Waals surface area (Å²) in [7, 11) is 3.06. The maximum absolute atomic E-state index is 12.3. The second kappa shape index (κ2) is 8.53. The molecule has 1 unspecified atom stereocenters. The summed E-state index contributed by atoms with van der Waals surface area (Å²) < 4.78 is 10.4. The Hall–Kier alpha value is -2.53. The Kier molecular flexibility index (Phi) is 6.42. The topological polar surface area (TPSA) is 67.8 Å². The molecule has 0 aliphatic rings. The van der Waals surface area contributed by atoms with Gasteiger partial charge in [-0.3, -0.25) is 4.79 Å². The van der Waals surface area contributed by atoms with E-state index in [1.807, 2.05) is 24.3 Å². The quantitative estimate of drug-likeness (QED) is 0.809. The van der Waals surface area contributed by atoms with Crippen molar-refractivity contribution < 1.29 is 19.4 Å². The number of hydrogen-bond donors (Lipinski definition) is 2. The van der Waals surface area contributed by atoms with Crippen molar-refractivity contribution in [1.82, 2.24) is 5.32 Å². The normalized spacial score (nSPS) is 11.9. The molecule has 2 aromatic rings. The minimum Gasteiger partial charge on any atom is -0.493 e. The predicted molar refractivity (Wildman–Crippen MR) is 97.4 cm³/mol. The van der Waals surface area contributed by atoms with E-state index in [4.69, 9.17) is 9.47 Å². The molecule has 5 heteroatoms. The highest BCUT2D eigenvalue weighted by atomic mass is 16.5. The van der Waals surface area contributed by atoms with Gasteiger partial charge in [0.25, 0.3) is 5.91 Å². The SMILES string of the molecule is COc1ccc(C(=O)NCC(O)c2ccc(C(C)C)cc2)cc1OC. The molecule has 0 radical (unpaired) electrons. The number of methoxy groups -OCH3 is 2. The molecule has 2 rings (SSSR count). The van der Waals surface area contributed by atoms with Gasteiger partial charge in [-0.2, -0.15) is 0 Å². The van der Waals surface area contributed by atoms with Gasteiger partial charge in [-0.05, 0) is 35.2 Å². The standard InChI is InChI=1S/C20H25NO4/c1-13(2)14-5-7-15(8-6-14)17(22)12-21-20(23)16-9-10-18(24-3)19(11-16)25-4/h5-11,13,17,22H,12H2,1-4H3,(H,21,23). The van der Waals surface area contributed by atoms with Gasteiger partial charge < -0.3 is 19.9 Å². The summed E-state index contributed by atoms with van der Waals surface area (Å²) in [5, 5.41) is 13.0. The summed E-state index contributed by atoms with van der Waals surface area (Å²) in [5.74, 6) is 1.21. The van der Waals surface area contributed by atoms with Crippen LogP contribution in [0.3, 0.4) is 0 Å². The Morgan fingerprint density at radius 1 is 1.00 bits per heavy atom. The fraction of sp³-hybridized carbons (Fsp3) is 0.350. The maximum atomic E-state index is 12.3. The van der Waals surface area contributed by atoms with Crippen molar-refractivity contribution in [2.75, 3.05) is 20.8 Å². The van der Waals surface area contributed by atoms with E-state index in [1.54, 1.807) is 25.3 Å². The lowest BCUT2D eigenvalue weighted by molar-refractivity contribution is 0.0916. The summed E-state index contributed by atoms with van der Waals surface area (Å²) in [4.78, 5) is 12.3. The molecule has 1 amide bonds. The lowest BCUT2D eigenvalue weighted by Gasteiger charge is -2.14. The second-order valence-corrected chi connectivity index (χ2v) is 6.12. The summed E-state index contributed by atoms with van der Waals surface area (Å²) in [5.41, 5.74) is 2.43. The molecule has 0 aliphatic heterocycles. The zero-order valence-corrected chi connectivity index (χ0v) is 15.1. The van der Waals surface area contributed by atoms with Gasteiger partial charge in [0.2, 0.25) is 0 Å². The third-order valence-electron chi connectivity index (χ3n) is 4.09. The first-order chi connectivity index (χ1) is 12.0. The Bertz CT molecular complexity index is 710. The number of rotatable bonds is 7. The molecule has 0 aromatic heterocycles. The Morgan fingerprint density at radius 3 is 2.16 bits per heavy atom. The molecule has 2 aromatic carbocycles. The van der Waals surface area contributed by atoms with Gasteiger partial charge in [-0.1, -0.05) is 38.1 Å². The first-order valence-corrected chi connectivity index (χ1v) is 8.24. The number of aliphatic hydroxyl groups is 1. The fourth-order valence-corrected chi connectivity index (χ4v) is 2.49. The van der Waals surface area contributed by atoms with Gasteiger partial charge in [0.05, 0.1) is 20.3 Å². The highest BCUT2D eigenvalue weighted by Gasteiger charge is 2.13. The van der Waals surface area contributed by atoms with Crippen molar-refractivity contribution in [3.8, 4) is 11.5 Å². The number of amides is 1. The van der Waals surface area contributed by atoms with Crippen molar-refractivity contribution in [3.05, 3.63) is 59.2 Å². The van der Waals surface area contributed by atoms with Crippen LogP contribution in [-0.2, 0) is 0 Å². The van der Waals surface area contributed by atoms with Gasteiger partial charge in [-0.25, -0.2) is 0 Å². The van der Waals surface area contributed by atoms with Crippen LogP contribution in [0.2, 0.25) is 0 Å². The minimum absolute atomic E-state index is 0.133. The fourth-order valence-electron chi connectivity index (χ4n) is 2.49. The van der Waals surface area contributed by atoms with Crippen LogP contribution < -0.4 is 14.8 Å². The van der Waals surface area contributed by atoms with E-state index >= 15 is 0 Å². The summed E-state index contributed by atoms with van der Waals surface area (Å²) in [6.07, 6.45) is -0.759. The zero-order chi connectivity index (χ0) is 18.4. The van der Waals surface area contributed by atoms with Gasteiger partial charge in [0.15, 0.2) is 11.5 Å². The van der Waals surface area contributed by atoms with Gasteiger partial charge in [-0.15, -0.1) is 0 Å². The third-order valence-corrected chi connectivity index (χ3v) is 4.09. The van der Waals surface area contributed by atoms with Gasteiger partial charge >= 0.3 is 0 Å². The van der Waals surface area contributed by atoms with Crippen LogP contribution in [0.1, 0.15) is 47.4 Å². The van der Waals surface area contributed by atoms with Crippen LogP contribution in [0.4, 0.5) is 0 Å². The van der Waals surface area contributed by atoms with Gasteiger partial charge in [0, 0.05) is 12.1 Å². The Morgan fingerprint density at radius 2 is 1.60 bits per heavy atom. The van der Waals surface area contributed by atoms with E-state index in [1.165, 1.54) is 12.7 Å². The molecule has 0 spiro atoms. The molecule has 1 atom stereocenters. The van der Waals surface area contributed by atoms with Crippen molar-refractivity contribution >= 4 is 5.91 Å². The molecule has 0 bridgehead atoms. The number of carbonyl (C=O) groups is 1. The van der Waals surface area contributed by atoms with Crippen molar-refractivity contribution in [2.45, 2.75) is 25.9 Å². The summed E-state index contributed by atoms with van der Waals surface area (Å²) in [6, 6.07) is 12.7. The number of benzene rings is 2. The van der Waals surface area contributed by atoms with Crippen LogP contribution in [-0.4, -0.2) is 31.8 Å². The minimum atomic E-state index is -0.759. The van der Waals surface area contributed by atoms with E-state index in [0.29, 0.717) is 23.0 Å². The maximum Gasteiger partial charge on any atom is 0.251 e. The van der Waals surface area contributed by atoms with Crippen LogP contribution >= 0.6 is 0 Å². The Labute approximate surface area is 148 Å². The molecule has 134 valence electrons. The molecule has 25 heavy (non-hydrogen) atoms. The van der Waals surface area contributed by atoms with E-state index in [0.717, 1.165) is 5.56 Å². The average molecular weight is 343 g/mol. The van der Waals surface area contributed by atoms with E-state index < -0.39 is 6.10 Å². The zero-order valence-electron chi connectivity index (χ0n) is 15.1. The molecule has 2 N–H and O–H groups in total. The van der Waals surface area contributed by atoms with Crippen molar-refractivity contribution in [2.24, 2.45) is 0 Å². The molecule has 5 nitrogen and oxygen atoms in total. The first kappa shape index (κ1) is 18.8. The molecule has 0 heterocycles. The highest BCUT2D eigenvalue weighted by molar-refractivity contribution is 5.94. The van der Waals surface area contributed by atoms with E-state index in [-0.39, 0.29) is 12.5 Å². The van der Waals surface area contributed by atoms with Crippen molar-refractivity contribution in [1.29, 1.82) is 0 Å². The number of hydrogen-bond acceptors (Lipinski definition) is 4. The number of carbonyl (C=O) groups excluding carboxylic acids is 1. The predicted octanol–water partition coefficient (Wildman–Crippen LogP) is 3.29.